The van der Waals surface area contributed by atoms with Crippen molar-refractivity contribution in [2.24, 2.45) is 0 Å². The zero-order valence-corrected chi connectivity index (χ0v) is 12.1. The van der Waals surface area contributed by atoms with Gasteiger partial charge in [0.1, 0.15) is 0 Å². The molecule has 1 aromatic carbocycles. The Morgan fingerprint density at radius 2 is 2.11 bits per heavy atom. The third-order valence-corrected chi connectivity index (χ3v) is 4.58. The topological polar surface area (TPSA) is 74.7 Å². The predicted octanol–water partition coefficient (Wildman–Crippen LogP) is 2.36. The van der Waals surface area contributed by atoms with Crippen molar-refractivity contribution in [1.29, 1.82) is 0 Å². The number of carboxylic acid groups (broad SMARTS) is 1. The van der Waals surface area contributed by atoms with Crippen LogP contribution < -0.4 is 4.31 Å². The SMILES string of the molecule is CCS(=O)(=O)N(CCCC(=O)O)c1cccc(Cl)c1. The van der Waals surface area contributed by atoms with Gasteiger partial charge in [-0.05, 0) is 31.5 Å². The second-order valence-electron chi connectivity index (χ2n) is 3.95. The van der Waals surface area contributed by atoms with Crippen LogP contribution in [0.15, 0.2) is 24.3 Å². The van der Waals surface area contributed by atoms with E-state index in [-0.39, 0.29) is 25.1 Å². The van der Waals surface area contributed by atoms with E-state index < -0.39 is 16.0 Å². The number of carbonyl (C=O) groups is 1. The first kappa shape index (κ1) is 15.8. The van der Waals surface area contributed by atoms with Crippen LogP contribution in [0.5, 0.6) is 0 Å². The van der Waals surface area contributed by atoms with Crippen molar-refractivity contribution in [3.8, 4) is 0 Å². The van der Waals surface area contributed by atoms with E-state index in [9.17, 15) is 13.2 Å². The fourth-order valence-corrected chi connectivity index (χ4v) is 2.93. The van der Waals surface area contributed by atoms with Gasteiger partial charge in [0.2, 0.25) is 10.0 Å². The summed E-state index contributed by atoms with van der Waals surface area (Å²) >= 11 is 5.85. The first-order valence-electron chi connectivity index (χ1n) is 5.84. The highest BCUT2D eigenvalue weighted by molar-refractivity contribution is 7.92. The molecule has 0 saturated heterocycles. The normalized spacial score (nSPS) is 11.3. The molecule has 0 saturated carbocycles. The lowest BCUT2D eigenvalue weighted by atomic mass is 10.3. The zero-order chi connectivity index (χ0) is 14.5. The summed E-state index contributed by atoms with van der Waals surface area (Å²) in [4.78, 5) is 10.5. The van der Waals surface area contributed by atoms with E-state index in [1.807, 2.05) is 0 Å². The first-order valence-corrected chi connectivity index (χ1v) is 7.83. The summed E-state index contributed by atoms with van der Waals surface area (Å²) < 4.78 is 25.3. The fourth-order valence-electron chi connectivity index (χ4n) is 1.59. The smallest absolute Gasteiger partial charge is 0.303 e. The molecule has 0 bridgehead atoms. The van der Waals surface area contributed by atoms with Crippen LogP contribution in [-0.4, -0.2) is 31.8 Å². The van der Waals surface area contributed by atoms with Gasteiger partial charge >= 0.3 is 5.97 Å². The van der Waals surface area contributed by atoms with E-state index in [1.165, 1.54) is 4.31 Å². The molecule has 0 unspecified atom stereocenters. The average molecular weight is 306 g/mol. The molecule has 7 heteroatoms. The largest absolute Gasteiger partial charge is 0.481 e. The second kappa shape index (κ2) is 6.77. The summed E-state index contributed by atoms with van der Waals surface area (Å²) in [6.07, 6.45) is 0.178. The summed E-state index contributed by atoms with van der Waals surface area (Å²) in [6, 6.07) is 6.50. The highest BCUT2D eigenvalue weighted by atomic mass is 35.5. The molecule has 5 nitrogen and oxygen atoms in total. The van der Waals surface area contributed by atoms with Crippen molar-refractivity contribution in [3.05, 3.63) is 29.3 Å². The number of aliphatic carboxylic acids is 1. The van der Waals surface area contributed by atoms with Crippen LogP contribution in [0.2, 0.25) is 5.02 Å². The molecule has 0 heterocycles. The standard InChI is InChI=1S/C12H16ClNO4S/c1-2-19(17,18)14(8-4-7-12(15)16)11-6-3-5-10(13)9-11/h3,5-6,9H,2,4,7-8H2,1H3,(H,15,16). The van der Waals surface area contributed by atoms with Crippen LogP contribution in [-0.2, 0) is 14.8 Å². The Labute approximate surface area is 117 Å². The minimum Gasteiger partial charge on any atom is -0.481 e. The number of benzene rings is 1. The maximum absolute atomic E-state index is 12.0. The van der Waals surface area contributed by atoms with Gasteiger partial charge in [-0.25, -0.2) is 8.42 Å². The van der Waals surface area contributed by atoms with E-state index in [0.29, 0.717) is 10.7 Å². The molecule has 19 heavy (non-hydrogen) atoms. The number of carboxylic acids is 1. The minimum atomic E-state index is -3.45. The van der Waals surface area contributed by atoms with Crippen LogP contribution >= 0.6 is 11.6 Å². The van der Waals surface area contributed by atoms with Crippen LogP contribution in [0.1, 0.15) is 19.8 Å². The molecular weight excluding hydrogens is 290 g/mol. The van der Waals surface area contributed by atoms with Gasteiger partial charge in [-0.1, -0.05) is 17.7 Å². The van der Waals surface area contributed by atoms with Crippen LogP contribution in [0, 0.1) is 0 Å². The predicted molar refractivity (Wildman–Crippen MR) is 75.1 cm³/mol. The van der Waals surface area contributed by atoms with E-state index in [4.69, 9.17) is 16.7 Å². The van der Waals surface area contributed by atoms with Crippen LogP contribution in [0.25, 0.3) is 0 Å². The third-order valence-electron chi connectivity index (χ3n) is 2.55. The van der Waals surface area contributed by atoms with Gasteiger partial charge in [0, 0.05) is 18.0 Å². The number of rotatable bonds is 7. The maximum atomic E-state index is 12.0. The van der Waals surface area contributed by atoms with Crippen LogP contribution in [0.3, 0.4) is 0 Å². The minimum absolute atomic E-state index is 0.0490. The lowest BCUT2D eigenvalue weighted by Crippen LogP contribution is -2.33. The van der Waals surface area contributed by atoms with Crippen LogP contribution in [0.4, 0.5) is 5.69 Å². The molecular formula is C12H16ClNO4S. The Kier molecular flexibility index (Phi) is 5.62. The highest BCUT2D eigenvalue weighted by Crippen LogP contribution is 2.22. The first-order chi connectivity index (χ1) is 8.86. The van der Waals surface area contributed by atoms with Gasteiger partial charge in [0.05, 0.1) is 11.4 Å². The Morgan fingerprint density at radius 1 is 1.42 bits per heavy atom. The van der Waals surface area contributed by atoms with Gasteiger partial charge < -0.3 is 5.11 Å². The molecule has 0 aromatic heterocycles. The number of anilines is 1. The van der Waals surface area contributed by atoms with Gasteiger partial charge in [-0.2, -0.15) is 0 Å². The van der Waals surface area contributed by atoms with Gasteiger partial charge in [0.25, 0.3) is 0 Å². The molecule has 1 N–H and O–H groups in total. The molecule has 1 aromatic rings. The number of halogens is 1. The summed E-state index contributed by atoms with van der Waals surface area (Å²) in [5.41, 5.74) is 0.458. The summed E-state index contributed by atoms with van der Waals surface area (Å²) in [5.74, 6) is -0.994. The highest BCUT2D eigenvalue weighted by Gasteiger charge is 2.20. The number of nitrogens with zero attached hydrogens (tertiary/aromatic N) is 1. The van der Waals surface area contributed by atoms with Gasteiger partial charge in [-0.3, -0.25) is 9.10 Å². The molecule has 0 aliphatic carbocycles. The Morgan fingerprint density at radius 3 is 2.63 bits per heavy atom. The Hall–Kier alpha value is -1.27. The monoisotopic (exact) mass is 305 g/mol. The molecule has 0 aliphatic rings. The van der Waals surface area contributed by atoms with Crippen molar-refractivity contribution in [2.45, 2.75) is 19.8 Å². The lowest BCUT2D eigenvalue weighted by molar-refractivity contribution is -0.137. The third kappa shape index (κ3) is 4.72. The van der Waals surface area contributed by atoms with Crippen molar-refractivity contribution in [2.75, 3.05) is 16.6 Å². The van der Waals surface area contributed by atoms with Gasteiger partial charge in [0.15, 0.2) is 0 Å². The Bertz CT molecular complexity index is 544. The zero-order valence-electron chi connectivity index (χ0n) is 10.5. The molecule has 0 amide bonds. The van der Waals surface area contributed by atoms with E-state index in [0.717, 1.165) is 0 Å². The quantitative estimate of drug-likeness (QED) is 0.839. The average Bonchev–Trinajstić information content (AvgIpc) is 2.34. The molecule has 0 radical (unpaired) electrons. The molecule has 106 valence electrons. The summed E-state index contributed by atoms with van der Waals surface area (Å²) in [5, 5.41) is 9.05. The molecule has 0 spiro atoms. The van der Waals surface area contributed by atoms with E-state index in [1.54, 1.807) is 31.2 Å². The number of hydrogen-bond donors (Lipinski definition) is 1. The molecule has 1 rings (SSSR count). The van der Waals surface area contributed by atoms with Crippen molar-refractivity contribution >= 4 is 33.3 Å². The lowest BCUT2D eigenvalue weighted by Gasteiger charge is -2.23. The molecule has 0 fully saturated rings. The summed E-state index contributed by atoms with van der Waals surface area (Å²) in [7, 11) is -3.45. The van der Waals surface area contributed by atoms with Crippen molar-refractivity contribution in [3.63, 3.8) is 0 Å². The van der Waals surface area contributed by atoms with Gasteiger partial charge in [-0.15, -0.1) is 0 Å². The Balaban J connectivity index is 2.96. The second-order valence-corrected chi connectivity index (χ2v) is 6.57. The number of hydrogen-bond acceptors (Lipinski definition) is 3. The molecule has 0 aliphatic heterocycles. The van der Waals surface area contributed by atoms with Crippen molar-refractivity contribution < 1.29 is 18.3 Å². The summed E-state index contributed by atoms with van der Waals surface area (Å²) in [6.45, 7) is 1.67. The fraction of sp³-hybridized carbons (Fsp3) is 0.417. The maximum Gasteiger partial charge on any atom is 0.303 e. The van der Waals surface area contributed by atoms with Crippen molar-refractivity contribution in [1.82, 2.24) is 0 Å². The number of sulfonamides is 1. The molecule has 0 atom stereocenters. The van der Waals surface area contributed by atoms with E-state index >= 15 is 0 Å². The van der Waals surface area contributed by atoms with E-state index in [2.05, 4.69) is 0 Å².